The molecule has 26 heteroatoms. The first-order valence-electron chi connectivity index (χ1n) is 19.1. The number of hydrogen-bond acceptors (Lipinski definition) is 15. The number of nitrogens with zero attached hydrogens (tertiary/aromatic N) is 7. The van der Waals surface area contributed by atoms with Gasteiger partial charge in [0.2, 0.25) is 17.8 Å². The average Bonchev–Trinajstić information content (AvgIpc) is 3.54. The molecule has 4 aromatic heterocycles. The largest absolute Gasteiger partial charge is 0.393 e. The molecule has 1 aliphatic heterocycles. The SMILES string of the molecule is CSc1ncc2ccc(=O)n(C[C@H](C)O)c2n1.C[C@H](O)Cn1c(=O)ccc2cnc(NC3CCC(O)CC3)nc21.Cl.I.II.I[I-]I.NC1CCC(O)CC1.O=C1CCC(=O)N1Cl. The van der Waals surface area contributed by atoms with Crippen molar-refractivity contribution in [3.05, 3.63) is 57.4 Å². The Morgan fingerprint density at radius 3 is 1.59 bits per heavy atom. The van der Waals surface area contributed by atoms with Gasteiger partial charge in [-0.2, -0.15) is 9.40 Å². The van der Waals surface area contributed by atoms with Crippen LogP contribution < -0.4 is 35.4 Å². The van der Waals surface area contributed by atoms with Crippen molar-refractivity contribution < 1.29 is 43.3 Å². The van der Waals surface area contributed by atoms with Crippen molar-refractivity contribution in [3.8, 4) is 0 Å². The Hall–Kier alpha value is 0.630. The third kappa shape index (κ3) is 23.2. The Morgan fingerprint density at radius 1 is 0.794 bits per heavy atom. The predicted octanol–water partition coefficient (Wildman–Crippen LogP) is 3.91. The summed E-state index contributed by atoms with van der Waals surface area (Å²) < 4.78 is 3.58. The van der Waals surface area contributed by atoms with Crippen LogP contribution in [0.5, 0.6) is 0 Å². The molecule has 17 nitrogen and oxygen atoms in total. The van der Waals surface area contributed by atoms with E-state index >= 15 is 0 Å². The van der Waals surface area contributed by atoms with E-state index < -0.39 is 12.2 Å². The summed E-state index contributed by atoms with van der Waals surface area (Å²) in [4.78, 5) is 61.8. The molecule has 2 amide bonds. The van der Waals surface area contributed by atoms with Crippen LogP contribution in [0.2, 0.25) is 0 Å². The minimum Gasteiger partial charge on any atom is -0.393 e. The fraction of sp³-hybridized carbons (Fsp3) is 0.568. The number of hydrogen-bond donors (Lipinski definition) is 6. The van der Waals surface area contributed by atoms with Gasteiger partial charge in [-0.25, -0.2) is 15.0 Å². The first kappa shape index (κ1) is 63.6. The maximum atomic E-state index is 12.0. The molecule has 7 N–H and O–H groups in total. The molecule has 358 valence electrons. The molecule has 7 rings (SSSR count). The van der Waals surface area contributed by atoms with Gasteiger partial charge in [-0.3, -0.25) is 28.3 Å². The number of nitrogens with two attached hydrogens (primary N) is 1. The van der Waals surface area contributed by atoms with Crippen LogP contribution in [0.1, 0.15) is 78.1 Å². The fourth-order valence-corrected chi connectivity index (χ4v) is 6.73. The van der Waals surface area contributed by atoms with Crippen LogP contribution >= 0.6 is 134 Å². The molecule has 2 aliphatic carbocycles. The maximum Gasteiger partial charge on any atom is 0.244 e. The average molecular weight is 1620 g/mol. The number of aromatic nitrogens is 6. The summed E-state index contributed by atoms with van der Waals surface area (Å²) in [5.41, 5.74) is 6.32. The van der Waals surface area contributed by atoms with Crippen LogP contribution in [0.15, 0.2) is 51.4 Å². The second kappa shape index (κ2) is 34.8. The zero-order valence-corrected chi connectivity index (χ0v) is 50.0. The van der Waals surface area contributed by atoms with Gasteiger partial charge < -0.3 is 31.5 Å². The van der Waals surface area contributed by atoms with E-state index in [0.29, 0.717) is 46.1 Å². The maximum absolute atomic E-state index is 12.0. The Bertz CT molecular complexity index is 2060. The Labute approximate surface area is 452 Å². The topological polar surface area (TPSA) is 252 Å². The number of carbonyl (C=O) groups is 2. The van der Waals surface area contributed by atoms with Gasteiger partial charge in [-0.1, -0.05) is 11.8 Å². The van der Waals surface area contributed by atoms with Gasteiger partial charge in [-0.05, 0) is 83.6 Å². The van der Waals surface area contributed by atoms with Crippen LogP contribution in [0.4, 0.5) is 5.95 Å². The molecular formula is C37H54Cl2I6N9O8S-. The van der Waals surface area contributed by atoms with Gasteiger partial charge in [0.15, 0.2) is 5.16 Å². The number of imide groups is 1. The van der Waals surface area contributed by atoms with Crippen molar-refractivity contribution in [2.45, 2.75) is 133 Å². The molecular weight excluding hydrogens is 1560 g/mol. The number of aliphatic hydroxyl groups excluding tert-OH is 4. The number of pyridine rings is 2. The molecule has 63 heavy (non-hydrogen) atoms. The minimum atomic E-state index is -0.635. The van der Waals surface area contributed by atoms with E-state index in [4.69, 9.17) is 22.6 Å². The van der Waals surface area contributed by atoms with Crippen molar-refractivity contribution in [2.24, 2.45) is 5.73 Å². The number of halogens is 8. The third-order valence-corrected chi connectivity index (χ3v) is 10.2. The quantitative estimate of drug-likeness (QED) is 0.0505. The molecule has 1 saturated heterocycles. The number of thioether (sulfide) groups is 1. The van der Waals surface area contributed by atoms with Crippen LogP contribution in [0, 0.1) is 0 Å². The summed E-state index contributed by atoms with van der Waals surface area (Å²) >= 11 is 16.1. The number of fused-ring (bicyclic) bond motifs is 2. The standard InChI is InChI=1S/C16H22N4O3.C11H13N3O2S.C6H13NO.C4H4ClNO2.ClH.I3.I2.HI/c1-10(21)9-20-14(23)7-2-11-8-17-16(19-15(11)20)18-12-3-5-13(22)6-4-12;1-7(15)6-14-9(16)4-3-8-5-12-11(17-2)13-10(8)14;7-5-1-3-6(8)4-2-5;5-6-3(7)1-2-4(6)8;;1-3-2;1-2;/h2,7-8,10,12-13,21-22H,3-6,9H2,1H3,(H,17,18,19);3-5,7,15H,6H2,1-2H3;5-6,8H,1-4,7H2;1-2H2;1H;;;1H/q;;;;;-1;;/t10-,12?,13?;7-;;;;;;/m00....../s1. The van der Waals surface area contributed by atoms with Gasteiger partial charge in [0.1, 0.15) is 11.3 Å². The van der Waals surface area contributed by atoms with Gasteiger partial charge >= 0.3 is 50.5 Å². The predicted molar refractivity (Wildman–Crippen MR) is 293 cm³/mol. The summed E-state index contributed by atoms with van der Waals surface area (Å²) in [5.74, 6) is -0.114. The van der Waals surface area contributed by atoms with Gasteiger partial charge in [0.05, 0.1) is 37.5 Å². The van der Waals surface area contributed by atoms with Crippen molar-refractivity contribution in [1.29, 1.82) is 0 Å². The Kier molecular flexibility index (Phi) is 35.2. The molecule has 3 fully saturated rings. The smallest absolute Gasteiger partial charge is 0.244 e. The van der Waals surface area contributed by atoms with Crippen molar-refractivity contribution in [3.63, 3.8) is 0 Å². The number of carbonyl (C=O) groups excluding carboxylic acids is 2. The molecule has 2 atom stereocenters. The summed E-state index contributed by atoms with van der Waals surface area (Å²) in [6.45, 7) is 3.71. The van der Waals surface area contributed by atoms with Crippen LogP contribution in [0.25, 0.3) is 22.1 Å². The van der Waals surface area contributed by atoms with Crippen molar-refractivity contribution >= 4 is 174 Å². The molecule has 5 heterocycles. The van der Waals surface area contributed by atoms with Gasteiger partial charge in [0, 0.05) is 109 Å². The monoisotopic (exact) mass is 1620 g/mol. The molecule has 4 aromatic rings. The molecule has 0 radical (unpaired) electrons. The van der Waals surface area contributed by atoms with Crippen LogP contribution in [-0.4, -0.2) is 108 Å². The van der Waals surface area contributed by atoms with E-state index in [1.165, 1.54) is 33.0 Å². The number of amides is 2. The summed E-state index contributed by atoms with van der Waals surface area (Å²) in [5, 5.41) is 43.0. The summed E-state index contributed by atoms with van der Waals surface area (Å²) in [7, 11) is 0. The molecule has 0 bridgehead atoms. The van der Waals surface area contributed by atoms with Crippen molar-refractivity contribution in [2.75, 3.05) is 11.6 Å². The molecule has 0 unspecified atom stereocenters. The first-order chi connectivity index (χ1) is 29.1. The van der Waals surface area contributed by atoms with E-state index in [0.717, 1.165) is 62.1 Å². The molecule has 3 aliphatic rings. The number of rotatable bonds is 7. The zero-order valence-electron chi connectivity index (χ0n) is 34.5. The summed E-state index contributed by atoms with van der Waals surface area (Å²) in [6.07, 6.45) is 11.4. The van der Waals surface area contributed by atoms with E-state index in [1.807, 2.05) is 6.26 Å². The third-order valence-electron chi connectivity index (χ3n) is 9.26. The molecule has 2 saturated carbocycles. The van der Waals surface area contributed by atoms with E-state index in [2.05, 4.69) is 99.7 Å². The Balaban J connectivity index is 0.000000841. The van der Waals surface area contributed by atoms with Crippen LogP contribution in [0.3, 0.4) is 0 Å². The minimum absolute atomic E-state index is 0. The second-order valence-electron chi connectivity index (χ2n) is 14.2. The number of aliphatic hydroxyl groups is 4. The number of nitrogens with one attached hydrogen (secondary N) is 1. The van der Waals surface area contributed by atoms with Gasteiger partial charge in [-0.15, -0.1) is 36.4 Å². The Morgan fingerprint density at radius 2 is 1.21 bits per heavy atom. The first-order valence-corrected chi connectivity index (χ1v) is 39.5. The van der Waals surface area contributed by atoms with Crippen LogP contribution in [-0.2, 0) is 22.7 Å². The number of anilines is 1. The van der Waals surface area contributed by atoms with E-state index in [-0.39, 0.29) is 103 Å². The normalized spacial score (nSPS) is 19.9. The van der Waals surface area contributed by atoms with E-state index in [1.54, 1.807) is 38.4 Å². The molecule has 0 aromatic carbocycles. The zero-order chi connectivity index (χ0) is 45.6. The fourth-order valence-electron chi connectivity index (χ4n) is 6.23. The summed E-state index contributed by atoms with van der Waals surface area (Å²) in [6, 6.07) is 6.91. The second-order valence-corrected chi connectivity index (χ2v) is 31.6. The van der Waals surface area contributed by atoms with E-state index in [9.17, 15) is 34.5 Å². The van der Waals surface area contributed by atoms with Crippen molar-refractivity contribution in [1.82, 2.24) is 33.5 Å². The van der Waals surface area contributed by atoms with Gasteiger partial charge in [0.25, 0.3) is 11.1 Å². The molecule has 0 spiro atoms.